The fourth-order valence-corrected chi connectivity index (χ4v) is 1.14. The van der Waals surface area contributed by atoms with E-state index < -0.39 is 0 Å². The summed E-state index contributed by atoms with van der Waals surface area (Å²) in [7, 11) is 5.34. The third kappa shape index (κ3) is 4.32. The Morgan fingerprint density at radius 1 is 1.29 bits per heavy atom. The molecule has 1 aromatic heterocycles. The van der Waals surface area contributed by atoms with Gasteiger partial charge in [0.25, 0.3) is 0 Å². The van der Waals surface area contributed by atoms with E-state index >= 15 is 0 Å². The molecule has 7 heteroatoms. The fraction of sp³-hybridized carbons (Fsp3) is 0.700. The van der Waals surface area contributed by atoms with Gasteiger partial charge in [0, 0.05) is 27.7 Å². The van der Waals surface area contributed by atoms with Crippen LogP contribution in [0, 0.1) is 0 Å². The van der Waals surface area contributed by atoms with E-state index in [0.29, 0.717) is 18.4 Å². The maximum absolute atomic E-state index is 5.82. The van der Waals surface area contributed by atoms with Gasteiger partial charge in [-0.05, 0) is 25.4 Å². The van der Waals surface area contributed by atoms with E-state index in [1.165, 1.54) is 0 Å². The molecule has 1 aromatic rings. The molecular weight excluding hydrogens is 242 g/mol. The lowest BCUT2D eigenvalue weighted by molar-refractivity contribution is 0.0342. The molecule has 0 atom stereocenters. The van der Waals surface area contributed by atoms with Crippen LogP contribution in [-0.4, -0.2) is 48.3 Å². The lowest BCUT2D eigenvalue weighted by atomic mass is 10.1. The SMILES string of the molecule is COC(C)(C)CNc1nc(Cl)nc(N(C)C)n1. The molecule has 0 fully saturated rings. The maximum Gasteiger partial charge on any atom is 0.230 e. The maximum atomic E-state index is 5.82. The predicted molar refractivity (Wildman–Crippen MR) is 68.7 cm³/mol. The molecule has 0 radical (unpaired) electrons. The molecule has 0 bridgehead atoms. The van der Waals surface area contributed by atoms with E-state index in [-0.39, 0.29) is 10.9 Å². The van der Waals surface area contributed by atoms with E-state index in [1.807, 2.05) is 27.9 Å². The average Bonchev–Trinajstić information content (AvgIpc) is 2.26. The van der Waals surface area contributed by atoms with Crippen molar-refractivity contribution in [3.8, 4) is 0 Å². The van der Waals surface area contributed by atoms with E-state index in [0.717, 1.165) is 0 Å². The summed E-state index contributed by atoms with van der Waals surface area (Å²) < 4.78 is 5.29. The first kappa shape index (κ1) is 13.9. The number of nitrogens with zero attached hydrogens (tertiary/aromatic N) is 4. The minimum absolute atomic E-state index is 0.168. The smallest absolute Gasteiger partial charge is 0.230 e. The van der Waals surface area contributed by atoms with Gasteiger partial charge in [0.2, 0.25) is 17.2 Å². The molecule has 1 rings (SSSR count). The molecule has 96 valence electrons. The molecule has 0 unspecified atom stereocenters. The molecule has 0 aliphatic rings. The summed E-state index contributed by atoms with van der Waals surface area (Å²) in [5.41, 5.74) is -0.294. The van der Waals surface area contributed by atoms with Crippen molar-refractivity contribution in [2.24, 2.45) is 0 Å². The normalized spacial score (nSPS) is 11.4. The van der Waals surface area contributed by atoms with Gasteiger partial charge in [0.15, 0.2) is 0 Å². The molecule has 17 heavy (non-hydrogen) atoms. The zero-order chi connectivity index (χ0) is 13.1. The van der Waals surface area contributed by atoms with Gasteiger partial charge < -0.3 is 15.0 Å². The average molecular weight is 260 g/mol. The third-order valence-corrected chi connectivity index (χ3v) is 2.39. The molecule has 1 N–H and O–H groups in total. The van der Waals surface area contributed by atoms with Gasteiger partial charge in [0.05, 0.1) is 5.60 Å². The molecule has 0 aliphatic carbocycles. The Kier molecular flexibility index (Phi) is 4.47. The van der Waals surface area contributed by atoms with Gasteiger partial charge in [-0.3, -0.25) is 0 Å². The second-order valence-corrected chi connectivity index (χ2v) is 4.78. The highest BCUT2D eigenvalue weighted by Gasteiger charge is 2.17. The molecule has 0 spiro atoms. The highest BCUT2D eigenvalue weighted by atomic mass is 35.5. The first-order chi connectivity index (χ1) is 7.84. The summed E-state index contributed by atoms with van der Waals surface area (Å²) in [6, 6.07) is 0. The summed E-state index contributed by atoms with van der Waals surface area (Å²) in [6.07, 6.45) is 0. The van der Waals surface area contributed by atoms with Crippen LogP contribution in [0.2, 0.25) is 5.28 Å². The minimum atomic E-state index is -0.294. The second kappa shape index (κ2) is 5.46. The van der Waals surface area contributed by atoms with Gasteiger partial charge in [-0.25, -0.2) is 0 Å². The summed E-state index contributed by atoms with van der Waals surface area (Å²) in [5.74, 6) is 0.960. The minimum Gasteiger partial charge on any atom is -0.377 e. The summed E-state index contributed by atoms with van der Waals surface area (Å²) in [4.78, 5) is 14.0. The molecule has 0 aliphatic heterocycles. The molecule has 0 saturated carbocycles. The first-order valence-corrected chi connectivity index (χ1v) is 5.60. The van der Waals surface area contributed by atoms with Crippen LogP contribution in [0.1, 0.15) is 13.8 Å². The summed E-state index contributed by atoms with van der Waals surface area (Å²) in [6.45, 7) is 4.52. The third-order valence-electron chi connectivity index (χ3n) is 2.22. The zero-order valence-electron chi connectivity index (χ0n) is 10.8. The first-order valence-electron chi connectivity index (χ1n) is 5.22. The molecular formula is C10H18ClN5O. The quantitative estimate of drug-likeness (QED) is 0.863. The van der Waals surface area contributed by atoms with Crippen LogP contribution < -0.4 is 10.2 Å². The Morgan fingerprint density at radius 2 is 1.94 bits per heavy atom. The number of nitrogens with one attached hydrogen (secondary N) is 1. The highest BCUT2D eigenvalue weighted by molar-refractivity contribution is 6.28. The number of hydrogen-bond donors (Lipinski definition) is 1. The van der Waals surface area contributed by atoms with Crippen molar-refractivity contribution >= 4 is 23.5 Å². The van der Waals surface area contributed by atoms with Gasteiger partial charge in [-0.1, -0.05) is 0 Å². The summed E-state index contributed by atoms with van der Waals surface area (Å²) in [5, 5.41) is 3.24. The highest BCUT2D eigenvalue weighted by Crippen LogP contribution is 2.13. The number of halogens is 1. The number of hydrogen-bond acceptors (Lipinski definition) is 6. The number of aromatic nitrogens is 3. The zero-order valence-corrected chi connectivity index (χ0v) is 11.5. The van der Waals surface area contributed by atoms with Crippen molar-refractivity contribution in [1.29, 1.82) is 0 Å². The lowest BCUT2D eigenvalue weighted by Crippen LogP contribution is -2.32. The largest absolute Gasteiger partial charge is 0.377 e. The Morgan fingerprint density at radius 3 is 2.47 bits per heavy atom. The molecule has 0 aromatic carbocycles. The van der Waals surface area contributed by atoms with Gasteiger partial charge >= 0.3 is 0 Å². The lowest BCUT2D eigenvalue weighted by Gasteiger charge is -2.23. The van der Waals surface area contributed by atoms with Crippen molar-refractivity contribution < 1.29 is 4.74 Å². The van der Waals surface area contributed by atoms with Crippen molar-refractivity contribution in [2.45, 2.75) is 19.4 Å². The standard InChI is InChI=1S/C10H18ClN5O/c1-10(2,17-5)6-12-8-13-7(11)14-9(15-8)16(3)4/h6H2,1-5H3,(H,12,13,14,15). The number of rotatable bonds is 5. The number of ether oxygens (including phenoxy) is 1. The van der Waals surface area contributed by atoms with Crippen LogP contribution in [0.4, 0.5) is 11.9 Å². The van der Waals surface area contributed by atoms with Crippen molar-refractivity contribution in [3.05, 3.63) is 5.28 Å². The van der Waals surface area contributed by atoms with Gasteiger partial charge in [0.1, 0.15) is 0 Å². The van der Waals surface area contributed by atoms with E-state index in [4.69, 9.17) is 16.3 Å². The molecule has 6 nitrogen and oxygen atoms in total. The Balaban J connectivity index is 2.78. The van der Waals surface area contributed by atoms with Crippen LogP contribution in [0.25, 0.3) is 0 Å². The van der Waals surface area contributed by atoms with E-state index in [1.54, 1.807) is 12.0 Å². The van der Waals surface area contributed by atoms with Crippen LogP contribution in [0.5, 0.6) is 0 Å². The monoisotopic (exact) mass is 259 g/mol. The molecule has 1 heterocycles. The summed E-state index contributed by atoms with van der Waals surface area (Å²) >= 11 is 5.82. The second-order valence-electron chi connectivity index (χ2n) is 4.44. The number of methoxy groups -OCH3 is 1. The van der Waals surface area contributed by atoms with Crippen molar-refractivity contribution in [1.82, 2.24) is 15.0 Å². The van der Waals surface area contributed by atoms with E-state index in [9.17, 15) is 0 Å². The van der Waals surface area contributed by atoms with Crippen molar-refractivity contribution in [2.75, 3.05) is 38.0 Å². The fourth-order valence-electron chi connectivity index (χ4n) is 0.983. The van der Waals surface area contributed by atoms with Crippen LogP contribution in [0.15, 0.2) is 0 Å². The Hall–Kier alpha value is -1.14. The van der Waals surface area contributed by atoms with Crippen LogP contribution >= 0.6 is 11.6 Å². The van der Waals surface area contributed by atoms with E-state index in [2.05, 4.69) is 20.3 Å². The predicted octanol–water partition coefficient (Wildman–Crippen LogP) is 1.43. The molecule has 0 amide bonds. The van der Waals surface area contributed by atoms with Crippen LogP contribution in [-0.2, 0) is 4.74 Å². The van der Waals surface area contributed by atoms with Crippen LogP contribution in [0.3, 0.4) is 0 Å². The topological polar surface area (TPSA) is 63.2 Å². The Bertz CT molecular complexity index is 383. The Labute approximate surface area is 106 Å². The molecule has 0 saturated heterocycles. The van der Waals surface area contributed by atoms with Gasteiger partial charge in [-0.15, -0.1) is 0 Å². The van der Waals surface area contributed by atoms with Gasteiger partial charge in [-0.2, -0.15) is 15.0 Å². The number of anilines is 2. The van der Waals surface area contributed by atoms with Crippen molar-refractivity contribution in [3.63, 3.8) is 0 Å².